The van der Waals surface area contributed by atoms with Gasteiger partial charge in [0.15, 0.2) is 5.78 Å². The molecule has 13 nitrogen and oxygen atoms in total. The van der Waals surface area contributed by atoms with Gasteiger partial charge >= 0.3 is 11.9 Å². The molecule has 4 amide bonds. The number of hydrogen-bond donors (Lipinski definition) is 6. The summed E-state index contributed by atoms with van der Waals surface area (Å²) in [6.45, 7) is 4.57. The number of benzene rings is 2. The first-order valence-corrected chi connectivity index (χ1v) is 15.7. The third-order valence-electron chi connectivity index (χ3n) is 6.92. The van der Waals surface area contributed by atoms with E-state index in [4.69, 9.17) is 0 Å². The molecule has 0 aliphatic carbocycles. The highest BCUT2D eigenvalue weighted by atomic mass is 127. The molecule has 2 aromatic carbocycles. The van der Waals surface area contributed by atoms with E-state index in [1.165, 1.54) is 19.1 Å². The monoisotopic (exact) mass is 750 g/mol. The molecular formula is C32H39IN4O9. The standard InChI is InChI=1S/C32H39IN4O9/c1-18(2)28(32(46)35-23(16-26(39)40)25(38)11-7-10-20-8-5-4-6-9-20)37-29(43)19(3)34-31(45)24(17-27(41)42)36-30(44)21-12-14-22(33)15-13-21/h4-6,8-9,12-15,18-19,23-24,28H,7,10-11,16-17H2,1-3H3,(H,34,45)(H,35,46)(H,36,44)(H,37,43)(H,39,40)(H,41,42)/t19-,23-,24-,28-/m0/s1. The SMILES string of the molecule is CC(C)[C@H](NC(=O)[C@H](C)NC(=O)[C@H](CC(=O)O)NC(=O)c1ccc(I)cc1)C(=O)N[C@@H](CC(=O)O)C(=O)CCCc1ccccc1. The molecule has 0 spiro atoms. The number of amides is 4. The Hall–Kier alpha value is -4.34. The van der Waals surface area contributed by atoms with Crippen molar-refractivity contribution in [2.24, 2.45) is 5.92 Å². The zero-order chi connectivity index (χ0) is 34.4. The fourth-order valence-corrected chi connectivity index (χ4v) is 4.75. The number of ketones is 1. The van der Waals surface area contributed by atoms with E-state index in [9.17, 15) is 43.8 Å². The van der Waals surface area contributed by atoms with Crippen LogP contribution in [0.5, 0.6) is 0 Å². The van der Waals surface area contributed by atoms with Gasteiger partial charge in [0.25, 0.3) is 5.91 Å². The molecule has 0 aliphatic rings. The van der Waals surface area contributed by atoms with Gasteiger partial charge in [-0.25, -0.2) is 0 Å². The number of hydrogen-bond acceptors (Lipinski definition) is 7. The number of halogens is 1. The number of carboxylic acids is 2. The Kier molecular flexibility index (Phi) is 15.3. The van der Waals surface area contributed by atoms with E-state index in [-0.39, 0.29) is 12.0 Å². The van der Waals surface area contributed by atoms with Crippen LogP contribution in [0.2, 0.25) is 0 Å². The molecule has 46 heavy (non-hydrogen) atoms. The largest absolute Gasteiger partial charge is 0.481 e. The van der Waals surface area contributed by atoms with Crippen LogP contribution in [-0.2, 0) is 35.2 Å². The molecule has 0 aromatic heterocycles. The van der Waals surface area contributed by atoms with E-state index in [0.717, 1.165) is 9.13 Å². The smallest absolute Gasteiger partial charge is 0.305 e. The Morgan fingerprint density at radius 2 is 1.28 bits per heavy atom. The summed E-state index contributed by atoms with van der Waals surface area (Å²) < 4.78 is 0.866. The summed E-state index contributed by atoms with van der Waals surface area (Å²) in [5.41, 5.74) is 1.22. The summed E-state index contributed by atoms with van der Waals surface area (Å²) in [6.07, 6.45) is -0.314. The molecular weight excluding hydrogens is 711 g/mol. The molecule has 0 aliphatic heterocycles. The molecule has 4 atom stereocenters. The minimum Gasteiger partial charge on any atom is -0.481 e. The van der Waals surface area contributed by atoms with Crippen molar-refractivity contribution < 1.29 is 43.8 Å². The van der Waals surface area contributed by atoms with Crippen molar-refractivity contribution in [3.8, 4) is 0 Å². The van der Waals surface area contributed by atoms with Crippen LogP contribution in [0.4, 0.5) is 0 Å². The Labute approximate surface area is 280 Å². The van der Waals surface area contributed by atoms with E-state index in [1.54, 1.807) is 26.0 Å². The lowest BCUT2D eigenvalue weighted by Crippen LogP contribution is -2.58. The van der Waals surface area contributed by atoms with Crippen LogP contribution in [0.15, 0.2) is 54.6 Å². The van der Waals surface area contributed by atoms with Gasteiger partial charge in [-0.1, -0.05) is 44.2 Å². The van der Waals surface area contributed by atoms with Gasteiger partial charge in [0.05, 0.1) is 18.9 Å². The van der Waals surface area contributed by atoms with Gasteiger partial charge in [-0.2, -0.15) is 0 Å². The molecule has 0 heterocycles. The van der Waals surface area contributed by atoms with Gasteiger partial charge in [-0.15, -0.1) is 0 Å². The molecule has 14 heteroatoms. The van der Waals surface area contributed by atoms with Gasteiger partial charge in [0.1, 0.15) is 18.1 Å². The van der Waals surface area contributed by atoms with Gasteiger partial charge < -0.3 is 31.5 Å². The van der Waals surface area contributed by atoms with E-state index >= 15 is 0 Å². The molecule has 0 fully saturated rings. The molecule has 0 saturated carbocycles. The molecule has 0 radical (unpaired) electrons. The van der Waals surface area contributed by atoms with Crippen LogP contribution in [0, 0.1) is 9.49 Å². The third kappa shape index (κ3) is 12.9. The van der Waals surface area contributed by atoms with Crippen LogP contribution >= 0.6 is 22.6 Å². The fraction of sp³-hybridized carbons (Fsp3) is 0.406. The highest BCUT2D eigenvalue weighted by molar-refractivity contribution is 14.1. The van der Waals surface area contributed by atoms with Crippen molar-refractivity contribution in [1.29, 1.82) is 0 Å². The number of aryl methyl sites for hydroxylation is 1. The summed E-state index contributed by atoms with van der Waals surface area (Å²) >= 11 is 2.05. The Morgan fingerprint density at radius 3 is 1.85 bits per heavy atom. The summed E-state index contributed by atoms with van der Waals surface area (Å²) in [5.74, 6) is -6.80. The predicted octanol–water partition coefficient (Wildman–Crippen LogP) is 2.06. The van der Waals surface area contributed by atoms with Gasteiger partial charge in [0, 0.05) is 15.6 Å². The maximum Gasteiger partial charge on any atom is 0.305 e. The van der Waals surface area contributed by atoms with Crippen molar-refractivity contribution in [1.82, 2.24) is 21.3 Å². The van der Waals surface area contributed by atoms with Crippen LogP contribution in [-0.4, -0.2) is 75.7 Å². The van der Waals surface area contributed by atoms with E-state index in [0.29, 0.717) is 12.8 Å². The second-order valence-electron chi connectivity index (χ2n) is 11.1. The lowest BCUT2D eigenvalue weighted by molar-refractivity contribution is -0.141. The normalized spacial score (nSPS) is 13.4. The summed E-state index contributed by atoms with van der Waals surface area (Å²) in [5, 5.41) is 28.3. The van der Waals surface area contributed by atoms with Crippen LogP contribution in [0.25, 0.3) is 0 Å². The van der Waals surface area contributed by atoms with Gasteiger partial charge in [-0.3, -0.25) is 33.6 Å². The summed E-state index contributed by atoms with van der Waals surface area (Å²) in [7, 11) is 0. The van der Waals surface area contributed by atoms with Crippen molar-refractivity contribution in [3.63, 3.8) is 0 Å². The first kappa shape index (κ1) is 37.8. The number of carbonyl (C=O) groups is 7. The minimum atomic E-state index is -1.51. The Bertz CT molecular complexity index is 1400. The lowest BCUT2D eigenvalue weighted by atomic mass is 9.99. The zero-order valence-corrected chi connectivity index (χ0v) is 27.9. The number of carboxylic acid groups (broad SMARTS) is 2. The van der Waals surface area contributed by atoms with Crippen LogP contribution in [0.3, 0.4) is 0 Å². The van der Waals surface area contributed by atoms with E-state index in [1.807, 2.05) is 30.3 Å². The number of aliphatic carboxylic acids is 2. The fourth-order valence-electron chi connectivity index (χ4n) is 4.39. The van der Waals surface area contributed by atoms with E-state index < -0.39 is 84.3 Å². The highest BCUT2D eigenvalue weighted by Crippen LogP contribution is 2.11. The second-order valence-corrected chi connectivity index (χ2v) is 12.3. The molecule has 248 valence electrons. The lowest BCUT2D eigenvalue weighted by Gasteiger charge is -2.26. The van der Waals surface area contributed by atoms with Crippen molar-refractivity contribution >= 4 is 63.9 Å². The maximum absolute atomic E-state index is 13.2. The molecule has 2 aromatic rings. The predicted molar refractivity (Wildman–Crippen MR) is 176 cm³/mol. The van der Waals surface area contributed by atoms with Crippen LogP contribution < -0.4 is 21.3 Å². The molecule has 0 saturated heterocycles. The third-order valence-corrected chi connectivity index (χ3v) is 7.64. The number of Topliss-reactive ketones (excluding diaryl/α,β-unsaturated/α-hetero) is 1. The first-order valence-electron chi connectivity index (χ1n) is 14.7. The van der Waals surface area contributed by atoms with Crippen molar-refractivity contribution in [2.45, 2.75) is 77.0 Å². The van der Waals surface area contributed by atoms with Gasteiger partial charge in [-0.05, 0) is 78.1 Å². The minimum absolute atomic E-state index is 0.0342. The second kappa shape index (κ2) is 18.6. The number of carbonyl (C=O) groups excluding carboxylic acids is 5. The van der Waals surface area contributed by atoms with Crippen LogP contribution in [0.1, 0.15) is 62.4 Å². The molecule has 0 bridgehead atoms. The maximum atomic E-state index is 13.2. The first-order chi connectivity index (χ1) is 21.7. The Balaban J connectivity index is 2.04. The summed E-state index contributed by atoms with van der Waals surface area (Å²) in [4.78, 5) is 87.5. The average Bonchev–Trinajstić information content (AvgIpc) is 2.99. The zero-order valence-electron chi connectivity index (χ0n) is 25.7. The van der Waals surface area contributed by atoms with E-state index in [2.05, 4.69) is 43.9 Å². The molecule has 6 N–H and O–H groups in total. The molecule has 2 rings (SSSR count). The summed E-state index contributed by atoms with van der Waals surface area (Å²) in [6, 6.07) is 10.5. The number of nitrogens with one attached hydrogen (secondary N) is 4. The van der Waals surface area contributed by atoms with Crippen molar-refractivity contribution in [2.75, 3.05) is 0 Å². The van der Waals surface area contributed by atoms with Crippen molar-refractivity contribution in [3.05, 3.63) is 69.3 Å². The number of rotatable bonds is 18. The average molecular weight is 751 g/mol. The van der Waals surface area contributed by atoms with Gasteiger partial charge in [0.2, 0.25) is 17.7 Å². The topological polar surface area (TPSA) is 208 Å². The Morgan fingerprint density at radius 1 is 0.696 bits per heavy atom. The quantitative estimate of drug-likeness (QED) is 0.123. The highest BCUT2D eigenvalue weighted by Gasteiger charge is 2.32. The molecule has 0 unspecified atom stereocenters.